The van der Waals surface area contributed by atoms with Crippen LogP contribution in [0.4, 0.5) is 0 Å². The minimum absolute atomic E-state index is 0.0158. The summed E-state index contributed by atoms with van der Waals surface area (Å²) in [6.07, 6.45) is 0. The van der Waals surface area contributed by atoms with Gasteiger partial charge in [-0.05, 0) is 41.5 Å². The highest BCUT2D eigenvalue weighted by Gasteiger charge is 2.24. The number of carbonyl (C=O) groups is 2. The summed E-state index contributed by atoms with van der Waals surface area (Å²) in [6.45, 7) is 4.72. The summed E-state index contributed by atoms with van der Waals surface area (Å²) >= 11 is 0. The molecule has 0 aromatic heterocycles. The van der Waals surface area contributed by atoms with Crippen molar-refractivity contribution < 1.29 is 19.1 Å². The molecule has 1 atom stereocenters. The number of amides is 2. The van der Waals surface area contributed by atoms with Crippen LogP contribution in [0.25, 0.3) is 10.8 Å². The van der Waals surface area contributed by atoms with Gasteiger partial charge in [0.15, 0.2) is 0 Å². The summed E-state index contributed by atoms with van der Waals surface area (Å²) in [7, 11) is 3.13. The topological polar surface area (TPSA) is 71.1 Å². The largest absolute Gasteiger partial charge is 0.497 e. The maximum atomic E-state index is 13.0. The van der Waals surface area contributed by atoms with Gasteiger partial charge in [0, 0.05) is 37.8 Å². The number of piperazine rings is 1. The fourth-order valence-electron chi connectivity index (χ4n) is 4.27. The zero-order valence-electron chi connectivity index (χ0n) is 19.9. The second-order valence-corrected chi connectivity index (χ2v) is 8.57. The van der Waals surface area contributed by atoms with Gasteiger partial charge in [-0.25, -0.2) is 0 Å². The Morgan fingerprint density at radius 1 is 0.882 bits per heavy atom. The Hall–Kier alpha value is -3.58. The predicted molar refractivity (Wildman–Crippen MR) is 132 cm³/mol. The molecule has 3 aromatic rings. The van der Waals surface area contributed by atoms with E-state index < -0.39 is 0 Å². The summed E-state index contributed by atoms with van der Waals surface area (Å²) < 4.78 is 10.6. The van der Waals surface area contributed by atoms with E-state index in [1.54, 1.807) is 37.3 Å². The molecule has 1 unspecified atom stereocenters. The van der Waals surface area contributed by atoms with Crippen LogP contribution < -0.4 is 14.8 Å². The zero-order valence-corrected chi connectivity index (χ0v) is 19.9. The van der Waals surface area contributed by atoms with Crippen molar-refractivity contribution >= 4 is 22.6 Å². The van der Waals surface area contributed by atoms with Crippen LogP contribution in [0.5, 0.6) is 11.5 Å². The van der Waals surface area contributed by atoms with Crippen LogP contribution in [-0.4, -0.2) is 68.6 Å². The van der Waals surface area contributed by atoms with E-state index in [9.17, 15) is 9.59 Å². The predicted octanol–water partition coefficient (Wildman–Crippen LogP) is 3.49. The summed E-state index contributed by atoms with van der Waals surface area (Å²) in [5.74, 6) is 1.08. The van der Waals surface area contributed by atoms with E-state index in [2.05, 4.69) is 40.5 Å². The number of benzene rings is 3. The minimum atomic E-state index is -0.0805. The van der Waals surface area contributed by atoms with Crippen molar-refractivity contribution in [2.45, 2.75) is 13.0 Å². The second kappa shape index (κ2) is 10.6. The molecule has 7 heteroatoms. The standard InChI is InChI=1S/C27H31N3O4/c1-19(21-9-8-20-6-4-5-7-22(20)14-21)28-26(31)18-29-10-12-30(13-11-29)27(32)23-15-24(33-2)17-25(16-23)34-3/h4-9,14-17,19H,10-13,18H2,1-3H3,(H,28,31). The molecule has 0 bridgehead atoms. The summed E-state index contributed by atoms with van der Waals surface area (Å²) in [6, 6.07) is 19.6. The lowest BCUT2D eigenvalue weighted by molar-refractivity contribution is -0.123. The number of hydrogen-bond donors (Lipinski definition) is 1. The monoisotopic (exact) mass is 461 g/mol. The van der Waals surface area contributed by atoms with Crippen LogP contribution in [0.15, 0.2) is 60.7 Å². The van der Waals surface area contributed by atoms with Crippen molar-refractivity contribution in [3.05, 3.63) is 71.8 Å². The third-order valence-corrected chi connectivity index (χ3v) is 6.28. The third-order valence-electron chi connectivity index (χ3n) is 6.28. The average molecular weight is 462 g/mol. The van der Waals surface area contributed by atoms with Crippen molar-refractivity contribution in [3.63, 3.8) is 0 Å². The average Bonchev–Trinajstić information content (AvgIpc) is 2.87. The number of methoxy groups -OCH3 is 2. The van der Waals surface area contributed by atoms with E-state index in [0.29, 0.717) is 49.8 Å². The summed E-state index contributed by atoms with van der Waals surface area (Å²) in [4.78, 5) is 29.5. The molecule has 1 aliphatic rings. The molecule has 178 valence electrons. The molecular formula is C27H31N3O4. The van der Waals surface area contributed by atoms with Crippen molar-refractivity contribution in [1.29, 1.82) is 0 Å². The Balaban J connectivity index is 1.29. The van der Waals surface area contributed by atoms with Gasteiger partial charge in [-0.3, -0.25) is 14.5 Å². The number of fused-ring (bicyclic) bond motifs is 1. The molecule has 1 heterocycles. The second-order valence-electron chi connectivity index (χ2n) is 8.57. The first-order valence-corrected chi connectivity index (χ1v) is 11.5. The fraction of sp³-hybridized carbons (Fsp3) is 0.333. The molecule has 1 fully saturated rings. The van der Waals surface area contributed by atoms with Gasteiger partial charge in [0.2, 0.25) is 5.91 Å². The lowest BCUT2D eigenvalue weighted by Crippen LogP contribution is -2.51. The molecule has 0 saturated carbocycles. The van der Waals surface area contributed by atoms with Crippen molar-refractivity contribution in [3.8, 4) is 11.5 Å². The van der Waals surface area contributed by atoms with Crippen LogP contribution >= 0.6 is 0 Å². The van der Waals surface area contributed by atoms with Crippen molar-refractivity contribution in [2.24, 2.45) is 0 Å². The molecule has 1 N–H and O–H groups in total. The summed E-state index contributed by atoms with van der Waals surface area (Å²) in [5.41, 5.74) is 1.61. The SMILES string of the molecule is COc1cc(OC)cc(C(=O)N2CCN(CC(=O)NC(C)c3ccc4ccccc4c3)CC2)c1. The first-order chi connectivity index (χ1) is 16.5. The van der Waals surface area contributed by atoms with Gasteiger partial charge in [-0.1, -0.05) is 36.4 Å². The highest BCUT2D eigenvalue weighted by Crippen LogP contribution is 2.24. The molecule has 7 nitrogen and oxygen atoms in total. The highest BCUT2D eigenvalue weighted by atomic mass is 16.5. The first kappa shape index (κ1) is 23.6. The molecule has 3 aromatic carbocycles. The van der Waals surface area contributed by atoms with Crippen LogP contribution in [0.1, 0.15) is 28.9 Å². The molecule has 34 heavy (non-hydrogen) atoms. The van der Waals surface area contributed by atoms with Gasteiger partial charge in [0.05, 0.1) is 26.8 Å². The van der Waals surface area contributed by atoms with E-state index in [0.717, 1.165) is 10.9 Å². The van der Waals surface area contributed by atoms with Gasteiger partial charge in [-0.2, -0.15) is 0 Å². The lowest BCUT2D eigenvalue weighted by Gasteiger charge is -2.34. The smallest absolute Gasteiger partial charge is 0.254 e. The van der Waals surface area contributed by atoms with E-state index >= 15 is 0 Å². The molecule has 4 rings (SSSR count). The Kier molecular flexibility index (Phi) is 7.33. The van der Waals surface area contributed by atoms with Crippen molar-refractivity contribution in [1.82, 2.24) is 15.1 Å². The molecular weight excluding hydrogens is 430 g/mol. The van der Waals surface area contributed by atoms with Crippen LogP contribution in [0, 0.1) is 0 Å². The number of ether oxygens (including phenoxy) is 2. The van der Waals surface area contributed by atoms with Gasteiger partial charge in [0.1, 0.15) is 11.5 Å². The van der Waals surface area contributed by atoms with Crippen molar-refractivity contribution in [2.75, 3.05) is 46.9 Å². The van der Waals surface area contributed by atoms with Crippen LogP contribution in [0.3, 0.4) is 0 Å². The van der Waals surface area contributed by atoms with Gasteiger partial charge < -0.3 is 19.7 Å². The third kappa shape index (κ3) is 5.48. The van der Waals surface area contributed by atoms with E-state index in [1.165, 1.54) is 5.39 Å². The van der Waals surface area contributed by atoms with E-state index in [-0.39, 0.29) is 17.9 Å². The number of nitrogens with zero attached hydrogens (tertiary/aromatic N) is 2. The quantitative estimate of drug-likeness (QED) is 0.583. The highest BCUT2D eigenvalue weighted by molar-refractivity contribution is 5.95. The zero-order chi connectivity index (χ0) is 24.1. The minimum Gasteiger partial charge on any atom is -0.497 e. The molecule has 0 spiro atoms. The molecule has 0 radical (unpaired) electrons. The fourth-order valence-corrected chi connectivity index (χ4v) is 4.27. The molecule has 1 saturated heterocycles. The Morgan fingerprint density at radius 2 is 1.53 bits per heavy atom. The normalized spacial score (nSPS) is 15.1. The molecule has 1 aliphatic heterocycles. The Labute approximate surface area is 200 Å². The van der Waals surface area contributed by atoms with Crippen LogP contribution in [0.2, 0.25) is 0 Å². The Bertz CT molecular complexity index is 1150. The van der Waals surface area contributed by atoms with E-state index in [1.807, 2.05) is 19.1 Å². The maximum Gasteiger partial charge on any atom is 0.254 e. The maximum absolute atomic E-state index is 13.0. The van der Waals surface area contributed by atoms with Gasteiger partial charge >= 0.3 is 0 Å². The number of rotatable bonds is 7. The van der Waals surface area contributed by atoms with Gasteiger partial charge in [0.25, 0.3) is 5.91 Å². The summed E-state index contributed by atoms with van der Waals surface area (Å²) in [5, 5.41) is 5.45. The van der Waals surface area contributed by atoms with E-state index in [4.69, 9.17) is 9.47 Å². The molecule has 2 amide bonds. The lowest BCUT2D eigenvalue weighted by atomic mass is 10.0. The number of hydrogen-bond acceptors (Lipinski definition) is 5. The van der Waals surface area contributed by atoms with Gasteiger partial charge in [-0.15, -0.1) is 0 Å². The Morgan fingerprint density at radius 3 is 2.18 bits per heavy atom. The van der Waals surface area contributed by atoms with Crippen LogP contribution in [-0.2, 0) is 4.79 Å². The first-order valence-electron chi connectivity index (χ1n) is 11.5. The number of carbonyl (C=O) groups excluding carboxylic acids is 2. The number of nitrogens with one attached hydrogen (secondary N) is 1. The molecule has 0 aliphatic carbocycles.